The first-order valence-corrected chi connectivity index (χ1v) is 6.16. The van der Waals surface area contributed by atoms with E-state index in [2.05, 4.69) is 0 Å². The summed E-state index contributed by atoms with van der Waals surface area (Å²) in [5.74, 6) is 0. The van der Waals surface area contributed by atoms with Crippen molar-refractivity contribution in [3.63, 3.8) is 0 Å². The molecule has 0 heterocycles. The van der Waals surface area contributed by atoms with Crippen LogP contribution >= 0.6 is 23.2 Å². The summed E-state index contributed by atoms with van der Waals surface area (Å²) in [5.41, 5.74) is 6.82. The molecule has 0 fully saturated rings. The molecule has 0 radical (unpaired) electrons. The van der Waals surface area contributed by atoms with E-state index in [9.17, 15) is 0 Å². The van der Waals surface area contributed by atoms with E-state index in [-0.39, 0.29) is 6.04 Å². The summed E-state index contributed by atoms with van der Waals surface area (Å²) in [6, 6.07) is 5.31. The molecule has 5 heteroatoms. The van der Waals surface area contributed by atoms with Crippen molar-refractivity contribution in [1.29, 1.82) is 0 Å². The van der Waals surface area contributed by atoms with Crippen molar-refractivity contribution >= 4 is 23.2 Å². The average molecular weight is 278 g/mol. The Morgan fingerprint density at radius 2 is 1.88 bits per heavy atom. The zero-order valence-electron chi connectivity index (χ0n) is 9.79. The summed E-state index contributed by atoms with van der Waals surface area (Å²) in [4.78, 5) is 0. The minimum atomic E-state index is -0.121. The Morgan fingerprint density at radius 1 is 1.24 bits per heavy atom. The molecule has 1 aromatic rings. The second-order valence-electron chi connectivity index (χ2n) is 3.73. The first-order valence-electron chi connectivity index (χ1n) is 5.40. The van der Waals surface area contributed by atoms with E-state index < -0.39 is 0 Å². The largest absolute Gasteiger partial charge is 0.382 e. The van der Waals surface area contributed by atoms with Crippen molar-refractivity contribution in [2.45, 2.75) is 12.5 Å². The number of hydrogen-bond acceptors (Lipinski definition) is 3. The number of halogens is 2. The lowest BCUT2D eigenvalue weighted by Crippen LogP contribution is -2.29. The minimum Gasteiger partial charge on any atom is -0.382 e. The number of nitrogens with two attached hydrogens (primary N) is 1. The van der Waals surface area contributed by atoms with Gasteiger partial charge in [0.2, 0.25) is 0 Å². The molecule has 1 unspecified atom stereocenters. The molecule has 0 saturated heterocycles. The van der Waals surface area contributed by atoms with Crippen LogP contribution in [0.15, 0.2) is 18.2 Å². The predicted molar refractivity (Wildman–Crippen MR) is 70.8 cm³/mol. The molecule has 0 aliphatic heterocycles. The van der Waals surface area contributed by atoms with Gasteiger partial charge >= 0.3 is 0 Å². The molecule has 0 saturated carbocycles. The van der Waals surface area contributed by atoms with Crippen molar-refractivity contribution in [3.05, 3.63) is 33.8 Å². The molecular formula is C12H17Cl2NO2. The van der Waals surface area contributed by atoms with Gasteiger partial charge in [0.05, 0.1) is 19.8 Å². The van der Waals surface area contributed by atoms with Gasteiger partial charge < -0.3 is 15.2 Å². The van der Waals surface area contributed by atoms with E-state index in [0.29, 0.717) is 36.3 Å². The lowest BCUT2D eigenvalue weighted by molar-refractivity contribution is 0.0637. The molecule has 1 aromatic carbocycles. The normalized spacial score (nSPS) is 12.7. The maximum Gasteiger partial charge on any atom is 0.0701 e. The highest BCUT2D eigenvalue weighted by atomic mass is 35.5. The van der Waals surface area contributed by atoms with Crippen molar-refractivity contribution in [3.8, 4) is 0 Å². The third-order valence-corrected chi connectivity index (χ3v) is 3.00. The van der Waals surface area contributed by atoms with Crippen LogP contribution in [0.5, 0.6) is 0 Å². The highest BCUT2D eigenvalue weighted by Gasteiger charge is 2.10. The van der Waals surface area contributed by atoms with Crippen molar-refractivity contribution in [1.82, 2.24) is 0 Å². The van der Waals surface area contributed by atoms with Gasteiger partial charge in [-0.05, 0) is 24.1 Å². The molecule has 0 aromatic heterocycles. The van der Waals surface area contributed by atoms with Gasteiger partial charge in [-0.25, -0.2) is 0 Å². The Balaban J connectivity index is 2.42. The SMILES string of the molecule is COCCOCC(N)Cc1c(Cl)cccc1Cl. The van der Waals surface area contributed by atoms with Crippen LogP contribution in [-0.2, 0) is 15.9 Å². The van der Waals surface area contributed by atoms with Crippen LogP contribution < -0.4 is 5.73 Å². The van der Waals surface area contributed by atoms with E-state index in [1.165, 1.54) is 0 Å². The van der Waals surface area contributed by atoms with Gasteiger partial charge in [-0.15, -0.1) is 0 Å². The van der Waals surface area contributed by atoms with Crippen LogP contribution in [-0.4, -0.2) is 33.0 Å². The van der Waals surface area contributed by atoms with Crippen LogP contribution in [0.25, 0.3) is 0 Å². The Kier molecular flexibility index (Phi) is 6.85. The maximum absolute atomic E-state index is 6.06. The monoisotopic (exact) mass is 277 g/mol. The Bertz CT molecular complexity index is 327. The molecule has 1 rings (SSSR count). The lowest BCUT2D eigenvalue weighted by atomic mass is 10.1. The van der Waals surface area contributed by atoms with E-state index >= 15 is 0 Å². The second kappa shape index (κ2) is 7.90. The maximum atomic E-state index is 6.06. The molecule has 96 valence electrons. The van der Waals surface area contributed by atoms with Crippen LogP contribution in [0, 0.1) is 0 Å². The molecular weight excluding hydrogens is 261 g/mol. The van der Waals surface area contributed by atoms with Gasteiger partial charge in [0.15, 0.2) is 0 Å². The zero-order valence-corrected chi connectivity index (χ0v) is 11.3. The highest BCUT2D eigenvalue weighted by Crippen LogP contribution is 2.25. The van der Waals surface area contributed by atoms with Crippen LogP contribution in [0.1, 0.15) is 5.56 Å². The minimum absolute atomic E-state index is 0.121. The lowest BCUT2D eigenvalue weighted by Gasteiger charge is -2.14. The van der Waals surface area contributed by atoms with E-state index in [0.717, 1.165) is 5.56 Å². The van der Waals surface area contributed by atoms with Crippen molar-refractivity contribution in [2.24, 2.45) is 5.73 Å². The molecule has 0 spiro atoms. The number of benzene rings is 1. The predicted octanol–water partition coefficient (Wildman–Crippen LogP) is 2.53. The Morgan fingerprint density at radius 3 is 2.47 bits per heavy atom. The molecule has 2 N–H and O–H groups in total. The number of methoxy groups -OCH3 is 1. The fraction of sp³-hybridized carbons (Fsp3) is 0.500. The van der Waals surface area contributed by atoms with Gasteiger partial charge in [-0.3, -0.25) is 0 Å². The fourth-order valence-electron chi connectivity index (χ4n) is 1.43. The van der Waals surface area contributed by atoms with Gasteiger partial charge in [-0.2, -0.15) is 0 Å². The smallest absolute Gasteiger partial charge is 0.0701 e. The second-order valence-corrected chi connectivity index (χ2v) is 4.55. The number of ether oxygens (including phenoxy) is 2. The highest BCUT2D eigenvalue weighted by molar-refractivity contribution is 6.35. The first-order chi connectivity index (χ1) is 8.15. The third-order valence-electron chi connectivity index (χ3n) is 2.29. The molecule has 0 aliphatic rings. The van der Waals surface area contributed by atoms with E-state index in [4.69, 9.17) is 38.4 Å². The molecule has 3 nitrogen and oxygen atoms in total. The summed E-state index contributed by atoms with van der Waals surface area (Å²) in [7, 11) is 1.63. The number of hydrogen-bond donors (Lipinski definition) is 1. The van der Waals surface area contributed by atoms with E-state index in [1.807, 2.05) is 6.07 Å². The summed E-state index contributed by atoms with van der Waals surface area (Å²) in [5, 5.41) is 1.29. The standard InChI is InChI=1S/C12H17Cl2NO2/c1-16-5-6-17-8-9(15)7-10-11(13)3-2-4-12(10)14/h2-4,9H,5-8,15H2,1H3. The Hall–Kier alpha value is -0.320. The third kappa shape index (κ3) is 5.23. The van der Waals surface area contributed by atoms with Crippen LogP contribution in [0.4, 0.5) is 0 Å². The molecule has 1 atom stereocenters. The quantitative estimate of drug-likeness (QED) is 0.779. The Labute approximate surface area is 112 Å². The van der Waals surface area contributed by atoms with Crippen LogP contribution in [0.2, 0.25) is 10.0 Å². The summed E-state index contributed by atoms with van der Waals surface area (Å²) < 4.78 is 10.2. The van der Waals surface area contributed by atoms with Crippen molar-refractivity contribution in [2.75, 3.05) is 26.9 Å². The summed E-state index contributed by atoms with van der Waals surface area (Å²) in [6.45, 7) is 1.57. The first kappa shape index (κ1) is 14.7. The van der Waals surface area contributed by atoms with Gasteiger partial charge in [0.1, 0.15) is 0 Å². The molecule has 0 bridgehead atoms. The average Bonchev–Trinajstić information content (AvgIpc) is 2.30. The van der Waals surface area contributed by atoms with Crippen molar-refractivity contribution < 1.29 is 9.47 Å². The molecule has 0 aliphatic carbocycles. The van der Waals surface area contributed by atoms with E-state index in [1.54, 1.807) is 19.2 Å². The summed E-state index contributed by atoms with van der Waals surface area (Å²) in [6.07, 6.45) is 0.603. The number of rotatable bonds is 7. The fourth-order valence-corrected chi connectivity index (χ4v) is 1.98. The zero-order chi connectivity index (χ0) is 12.7. The van der Waals surface area contributed by atoms with Gasteiger partial charge in [0, 0.05) is 23.2 Å². The molecule has 0 amide bonds. The van der Waals surface area contributed by atoms with Gasteiger partial charge in [0.25, 0.3) is 0 Å². The van der Waals surface area contributed by atoms with Crippen LogP contribution in [0.3, 0.4) is 0 Å². The summed E-state index contributed by atoms with van der Waals surface area (Å²) >= 11 is 12.1. The topological polar surface area (TPSA) is 44.5 Å². The molecule has 17 heavy (non-hydrogen) atoms. The van der Waals surface area contributed by atoms with Gasteiger partial charge in [-0.1, -0.05) is 29.3 Å².